The van der Waals surface area contributed by atoms with E-state index >= 15 is 0 Å². The molecule has 0 saturated heterocycles. The van der Waals surface area contributed by atoms with Gasteiger partial charge in [0.1, 0.15) is 0 Å². The molecule has 2 amide bonds. The Hall–Kier alpha value is -1.26. The lowest BCUT2D eigenvalue weighted by Gasteiger charge is -2.19. The summed E-state index contributed by atoms with van der Waals surface area (Å²) in [5.41, 5.74) is 0. The first-order valence-corrected chi connectivity index (χ1v) is 7.14. The molecule has 0 aromatic heterocycles. The lowest BCUT2D eigenvalue weighted by molar-refractivity contribution is -0.138. The Labute approximate surface area is 115 Å². The monoisotopic (exact) mass is 270 g/mol. The van der Waals surface area contributed by atoms with Crippen LogP contribution in [0.5, 0.6) is 0 Å². The van der Waals surface area contributed by atoms with Crippen molar-refractivity contribution in [1.29, 1.82) is 0 Å². The van der Waals surface area contributed by atoms with E-state index in [1.807, 2.05) is 6.92 Å². The molecule has 1 aliphatic carbocycles. The number of rotatable bonds is 8. The predicted molar refractivity (Wildman–Crippen MR) is 73.9 cm³/mol. The number of aliphatic carboxylic acids is 1. The predicted octanol–water partition coefficient (Wildman–Crippen LogP) is 2.22. The van der Waals surface area contributed by atoms with Gasteiger partial charge in [0.2, 0.25) is 0 Å². The van der Waals surface area contributed by atoms with Crippen molar-refractivity contribution in [1.82, 2.24) is 10.6 Å². The Morgan fingerprint density at radius 3 is 2.37 bits per heavy atom. The first-order valence-electron chi connectivity index (χ1n) is 7.14. The van der Waals surface area contributed by atoms with Crippen molar-refractivity contribution in [2.75, 3.05) is 6.54 Å². The second kappa shape index (κ2) is 7.36. The van der Waals surface area contributed by atoms with E-state index < -0.39 is 5.97 Å². The molecule has 0 aliphatic heterocycles. The highest BCUT2D eigenvalue weighted by Gasteiger charge is 2.28. The van der Waals surface area contributed by atoms with E-state index in [4.69, 9.17) is 5.11 Å². The largest absolute Gasteiger partial charge is 0.481 e. The molecule has 1 aliphatic rings. The number of carbonyl (C=O) groups excluding carboxylic acids is 1. The van der Waals surface area contributed by atoms with Gasteiger partial charge in [-0.25, -0.2) is 4.79 Å². The van der Waals surface area contributed by atoms with Crippen LogP contribution in [0.15, 0.2) is 0 Å². The van der Waals surface area contributed by atoms with Crippen molar-refractivity contribution < 1.29 is 14.7 Å². The minimum atomic E-state index is -0.806. The van der Waals surface area contributed by atoms with Crippen molar-refractivity contribution >= 4 is 12.0 Å². The van der Waals surface area contributed by atoms with Crippen LogP contribution in [0.3, 0.4) is 0 Å². The zero-order valence-corrected chi connectivity index (χ0v) is 12.1. The normalized spacial score (nSPS) is 17.9. The van der Waals surface area contributed by atoms with Crippen molar-refractivity contribution in [2.45, 2.75) is 52.5 Å². The van der Waals surface area contributed by atoms with Gasteiger partial charge in [0.25, 0.3) is 0 Å². The summed E-state index contributed by atoms with van der Waals surface area (Å²) in [6.45, 7) is 6.56. The zero-order chi connectivity index (χ0) is 14.4. The molecule has 5 nitrogen and oxygen atoms in total. The summed E-state index contributed by atoms with van der Waals surface area (Å²) in [7, 11) is 0. The molecule has 2 atom stereocenters. The molecule has 0 aromatic rings. The molecule has 0 aromatic carbocycles. The lowest BCUT2D eigenvalue weighted by Crippen LogP contribution is -2.43. The lowest BCUT2D eigenvalue weighted by atomic mass is 9.94. The minimum Gasteiger partial charge on any atom is -0.481 e. The molecule has 0 radical (unpaired) electrons. The molecular formula is C14H26N2O3. The number of carbonyl (C=O) groups is 2. The number of urea groups is 1. The topological polar surface area (TPSA) is 78.4 Å². The quantitative estimate of drug-likeness (QED) is 0.633. The van der Waals surface area contributed by atoms with Gasteiger partial charge in [-0.2, -0.15) is 0 Å². The molecular weight excluding hydrogens is 244 g/mol. The molecule has 0 spiro atoms. The summed E-state index contributed by atoms with van der Waals surface area (Å²) in [5, 5.41) is 14.6. The number of carboxylic acids is 1. The average Bonchev–Trinajstić information content (AvgIpc) is 3.07. The maximum atomic E-state index is 11.7. The summed E-state index contributed by atoms with van der Waals surface area (Å²) in [5.74, 6) is 0.245. The van der Waals surface area contributed by atoms with Crippen LogP contribution in [0.1, 0.15) is 46.5 Å². The van der Waals surface area contributed by atoms with Gasteiger partial charge in [-0.15, -0.1) is 0 Å². The Kier molecular flexibility index (Phi) is 6.12. The van der Waals surface area contributed by atoms with Gasteiger partial charge in [-0.05, 0) is 43.9 Å². The first-order chi connectivity index (χ1) is 8.88. The summed E-state index contributed by atoms with van der Waals surface area (Å²) >= 11 is 0. The third-order valence-electron chi connectivity index (χ3n) is 3.51. The SMILES string of the molecule is CC(C)CC(CNC(=O)NC(C)C1CC1)CC(=O)O. The van der Waals surface area contributed by atoms with Crippen molar-refractivity contribution in [2.24, 2.45) is 17.8 Å². The van der Waals surface area contributed by atoms with Gasteiger partial charge in [0.15, 0.2) is 0 Å². The van der Waals surface area contributed by atoms with Crippen LogP contribution < -0.4 is 10.6 Å². The number of carboxylic acid groups (broad SMARTS) is 1. The molecule has 2 unspecified atom stereocenters. The van der Waals surface area contributed by atoms with Crippen molar-refractivity contribution in [3.05, 3.63) is 0 Å². The van der Waals surface area contributed by atoms with Crippen LogP contribution in [0.4, 0.5) is 4.79 Å². The first kappa shape index (κ1) is 15.8. The van der Waals surface area contributed by atoms with Crippen LogP contribution in [0.25, 0.3) is 0 Å². The van der Waals surface area contributed by atoms with Crippen LogP contribution in [-0.2, 0) is 4.79 Å². The molecule has 19 heavy (non-hydrogen) atoms. The molecule has 5 heteroatoms. The van der Waals surface area contributed by atoms with Gasteiger partial charge >= 0.3 is 12.0 Å². The molecule has 3 N–H and O–H groups in total. The van der Waals surface area contributed by atoms with Gasteiger partial charge in [0.05, 0.1) is 0 Å². The summed E-state index contributed by atoms with van der Waals surface area (Å²) < 4.78 is 0. The number of amides is 2. The third-order valence-corrected chi connectivity index (χ3v) is 3.51. The standard InChI is InChI=1S/C14H26N2O3/c1-9(2)6-11(7-13(17)18)8-15-14(19)16-10(3)12-4-5-12/h9-12H,4-8H2,1-3H3,(H,17,18)(H2,15,16,19). The van der Waals surface area contributed by atoms with Gasteiger partial charge in [-0.1, -0.05) is 13.8 Å². The Morgan fingerprint density at radius 2 is 1.89 bits per heavy atom. The van der Waals surface area contributed by atoms with Crippen molar-refractivity contribution in [3.8, 4) is 0 Å². The molecule has 1 rings (SSSR count). The Balaban J connectivity index is 2.28. The van der Waals surface area contributed by atoms with E-state index in [1.165, 1.54) is 12.8 Å². The van der Waals surface area contributed by atoms with E-state index in [9.17, 15) is 9.59 Å². The van der Waals surface area contributed by atoms with E-state index in [1.54, 1.807) is 0 Å². The zero-order valence-electron chi connectivity index (χ0n) is 12.1. The average molecular weight is 270 g/mol. The molecule has 0 bridgehead atoms. The number of nitrogens with one attached hydrogen (secondary N) is 2. The fourth-order valence-electron chi connectivity index (χ4n) is 2.36. The fraction of sp³-hybridized carbons (Fsp3) is 0.857. The second-order valence-corrected chi connectivity index (χ2v) is 6.07. The minimum absolute atomic E-state index is 0.000480. The number of hydrogen-bond donors (Lipinski definition) is 3. The summed E-state index contributed by atoms with van der Waals surface area (Å²) in [6, 6.07) is 0.0292. The smallest absolute Gasteiger partial charge is 0.315 e. The van der Waals surface area contributed by atoms with Crippen LogP contribution in [0.2, 0.25) is 0 Å². The number of hydrogen-bond acceptors (Lipinski definition) is 2. The molecule has 0 heterocycles. The van der Waals surface area contributed by atoms with Crippen LogP contribution >= 0.6 is 0 Å². The Morgan fingerprint density at radius 1 is 1.26 bits per heavy atom. The third kappa shape index (κ3) is 7.03. The van der Waals surface area contributed by atoms with E-state index in [2.05, 4.69) is 24.5 Å². The fourth-order valence-corrected chi connectivity index (χ4v) is 2.36. The Bertz CT molecular complexity index is 314. The highest BCUT2D eigenvalue weighted by molar-refractivity contribution is 5.74. The molecule has 110 valence electrons. The summed E-state index contributed by atoms with van der Waals surface area (Å²) in [4.78, 5) is 22.5. The van der Waals surface area contributed by atoms with Crippen LogP contribution in [0, 0.1) is 17.8 Å². The van der Waals surface area contributed by atoms with Gasteiger partial charge in [0, 0.05) is 19.0 Å². The van der Waals surface area contributed by atoms with Crippen LogP contribution in [-0.4, -0.2) is 29.7 Å². The van der Waals surface area contributed by atoms with E-state index in [-0.39, 0.29) is 24.4 Å². The van der Waals surface area contributed by atoms with E-state index in [0.29, 0.717) is 18.4 Å². The van der Waals surface area contributed by atoms with Gasteiger partial charge in [-0.3, -0.25) is 4.79 Å². The highest BCUT2D eigenvalue weighted by atomic mass is 16.4. The summed E-state index contributed by atoms with van der Waals surface area (Å²) in [6.07, 6.45) is 3.30. The second-order valence-electron chi connectivity index (χ2n) is 6.07. The van der Waals surface area contributed by atoms with Gasteiger partial charge < -0.3 is 15.7 Å². The molecule has 1 fully saturated rings. The maximum absolute atomic E-state index is 11.7. The van der Waals surface area contributed by atoms with E-state index in [0.717, 1.165) is 6.42 Å². The highest BCUT2D eigenvalue weighted by Crippen LogP contribution is 2.32. The van der Waals surface area contributed by atoms with Crippen molar-refractivity contribution in [3.63, 3.8) is 0 Å². The molecule has 1 saturated carbocycles. The maximum Gasteiger partial charge on any atom is 0.315 e.